The molecule has 30 heavy (non-hydrogen) atoms. The quantitative estimate of drug-likeness (QED) is 0.209. The van der Waals surface area contributed by atoms with Gasteiger partial charge in [-0.25, -0.2) is 0 Å². The third-order valence-electron chi connectivity index (χ3n) is 7.15. The van der Waals surface area contributed by atoms with Gasteiger partial charge in [-0.3, -0.25) is 0 Å². The van der Waals surface area contributed by atoms with Gasteiger partial charge in [0.25, 0.3) is 0 Å². The monoisotopic (exact) mass is 423 g/mol. The lowest BCUT2D eigenvalue weighted by atomic mass is 9.98. The summed E-state index contributed by atoms with van der Waals surface area (Å²) < 4.78 is 13.1. The Bertz CT molecular complexity index is 376. The zero-order valence-corrected chi connectivity index (χ0v) is 20.6. The van der Waals surface area contributed by atoms with Crippen molar-refractivity contribution in [3.8, 4) is 0 Å². The Morgan fingerprint density at radius 1 is 0.667 bits per heavy atom. The van der Waals surface area contributed by atoms with E-state index in [1.807, 2.05) is 0 Å². The maximum Gasteiger partial charge on any atom is 0.168 e. The van der Waals surface area contributed by atoms with Crippen LogP contribution >= 0.6 is 0 Å². The van der Waals surface area contributed by atoms with Gasteiger partial charge < -0.3 is 14.4 Å². The van der Waals surface area contributed by atoms with Crippen LogP contribution in [-0.4, -0.2) is 43.0 Å². The Labute approximate surface area is 188 Å². The molecule has 2 fully saturated rings. The van der Waals surface area contributed by atoms with E-state index in [-0.39, 0.29) is 11.9 Å². The summed E-state index contributed by atoms with van der Waals surface area (Å²) >= 11 is 0. The summed E-state index contributed by atoms with van der Waals surface area (Å²) in [5.41, 5.74) is 0. The van der Waals surface area contributed by atoms with Gasteiger partial charge >= 0.3 is 0 Å². The van der Waals surface area contributed by atoms with E-state index in [1.54, 1.807) is 0 Å². The molecule has 3 nitrogen and oxygen atoms in total. The Kier molecular flexibility index (Phi) is 14.4. The molecule has 0 spiro atoms. The normalized spacial score (nSPS) is 22.0. The minimum absolute atomic E-state index is 0.271. The van der Waals surface area contributed by atoms with E-state index in [0.29, 0.717) is 0 Å². The molecule has 3 heteroatoms. The van der Waals surface area contributed by atoms with Crippen LogP contribution in [0.4, 0.5) is 0 Å². The van der Waals surface area contributed by atoms with Crippen molar-refractivity contribution in [3.05, 3.63) is 0 Å². The van der Waals surface area contributed by atoms with Crippen molar-refractivity contribution < 1.29 is 9.47 Å². The van der Waals surface area contributed by atoms with Crippen molar-refractivity contribution in [2.24, 2.45) is 0 Å². The van der Waals surface area contributed by atoms with E-state index in [2.05, 4.69) is 18.7 Å². The molecule has 0 aromatic carbocycles. The van der Waals surface area contributed by atoms with Gasteiger partial charge in [0.05, 0.1) is 12.7 Å². The van der Waals surface area contributed by atoms with E-state index in [0.717, 1.165) is 26.0 Å². The first-order valence-electron chi connectivity index (χ1n) is 13.8. The molecule has 0 aromatic heterocycles. The highest BCUT2D eigenvalue weighted by Gasteiger charge is 2.41. The summed E-state index contributed by atoms with van der Waals surface area (Å²) in [6, 6.07) is 0. The number of unbranched alkanes of at least 4 members (excludes halogenated alkanes) is 12. The molecule has 2 saturated heterocycles. The van der Waals surface area contributed by atoms with Gasteiger partial charge in [0.1, 0.15) is 0 Å². The fraction of sp³-hybridized carbons (Fsp3) is 1.00. The number of rotatable bonds is 18. The molecule has 2 heterocycles. The maximum absolute atomic E-state index is 6.68. The number of likely N-dealkylation sites (tertiary alicyclic amines) is 1. The first-order valence-corrected chi connectivity index (χ1v) is 13.8. The van der Waals surface area contributed by atoms with Gasteiger partial charge in [0.2, 0.25) is 0 Å². The van der Waals surface area contributed by atoms with Crippen LogP contribution < -0.4 is 0 Å². The molecule has 0 N–H and O–H groups in total. The molecular formula is C27H53NO2. The smallest absolute Gasteiger partial charge is 0.168 e. The minimum Gasteiger partial charge on any atom is -0.347 e. The van der Waals surface area contributed by atoms with Crippen LogP contribution in [0.1, 0.15) is 136 Å². The van der Waals surface area contributed by atoms with Gasteiger partial charge in [0, 0.05) is 19.4 Å². The van der Waals surface area contributed by atoms with Crippen molar-refractivity contribution in [2.75, 3.05) is 26.2 Å². The zero-order chi connectivity index (χ0) is 21.3. The Hall–Kier alpha value is -0.120. The van der Waals surface area contributed by atoms with Crippen molar-refractivity contribution in [2.45, 2.75) is 148 Å². The molecule has 178 valence electrons. The molecule has 0 saturated carbocycles. The molecule has 0 bridgehead atoms. The molecule has 2 rings (SSSR count). The number of hydrogen-bond acceptors (Lipinski definition) is 3. The number of hydrogen-bond donors (Lipinski definition) is 0. The first kappa shape index (κ1) is 26.1. The summed E-state index contributed by atoms with van der Waals surface area (Å²) in [5, 5.41) is 0. The molecule has 1 unspecified atom stereocenters. The Balaban J connectivity index is 1.70. The van der Waals surface area contributed by atoms with Crippen molar-refractivity contribution in [1.82, 2.24) is 4.90 Å². The van der Waals surface area contributed by atoms with Gasteiger partial charge in [0.15, 0.2) is 5.79 Å². The average molecular weight is 424 g/mol. The second-order valence-corrected chi connectivity index (χ2v) is 10.1. The van der Waals surface area contributed by atoms with Crippen LogP contribution in [0.5, 0.6) is 0 Å². The second-order valence-electron chi connectivity index (χ2n) is 10.1. The summed E-state index contributed by atoms with van der Waals surface area (Å²) in [6.07, 6.45) is 25.7. The third-order valence-corrected chi connectivity index (χ3v) is 7.15. The fourth-order valence-electron chi connectivity index (χ4n) is 5.23. The highest BCUT2D eigenvalue weighted by molar-refractivity contribution is 4.82. The van der Waals surface area contributed by atoms with Crippen molar-refractivity contribution in [3.63, 3.8) is 0 Å². The van der Waals surface area contributed by atoms with Crippen LogP contribution in [-0.2, 0) is 9.47 Å². The molecule has 2 aliphatic heterocycles. The van der Waals surface area contributed by atoms with Gasteiger partial charge in [-0.1, -0.05) is 97.3 Å². The largest absolute Gasteiger partial charge is 0.347 e. The third kappa shape index (κ3) is 11.0. The second kappa shape index (κ2) is 16.5. The van der Waals surface area contributed by atoms with E-state index >= 15 is 0 Å². The standard InChI is InChI=1S/C27H53NO2/c1-3-5-7-9-11-13-16-20-27(21-17-14-12-10-8-6-4-2)29-25-26(30-27)24-28-22-18-15-19-23-28/h26H,3-25H2,1-2H3. The summed E-state index contributed by atoms with van der Waals surface area (Å²) in [5.74, 6) is -0.271. The topological polar surface area (TPSA) is 21.7 Å². The van der Waals surface area contributed by atoms with Crippen molar-refractivity contribution in [1.29, 1.82) is 0 Å². The number of nitrogens with zero attached hydrogens (tertiary/aromatic N) is 1. The average Bonchev–Trinajstić information content (AvgIpc) is 3.16. The van der Waals surface area contributed by atoms with Crippen LogP contribution in [0, 0.1) is 0 Å². The summed E-state index contributed by atoms with van der Waals surface area (Å²) in [4.78, 5) is 2.61. The lowest BCUT2D eigenvalue weighted by molar-refractivity contribution is -0.181. The zero-order valence-electron chi connectivity index (χ0n) is 20.6. The fourth-order valence-corrected chi connectivity index (χ4v) is 5.23. The lowest BCUT2D eigenvalue weighted by Gasteiger charge is -2.31. The van der Waals surface area contributed by atoms with Crippen LogP contribution in [0.3, 0.4) is 0 Å². The molecule has 0 aromatic rings. The van der Waals surface area contributed by atoms with Crippen molar-refractivity contribution >= 4 is 0 Å². The van der Waals surface area contributed by atoms with Crippen LogP contribution in [0.15, 0.2) is 0 Å². The molecule has 2 aliphatic rings. The van der Waals surface area contributed by atoms with Gasteiger partial charge in [-0.15, -0.1) is 0 Å². The van der Waals surface area contributed by atoms with Crippen LogP contribution in [0.25, 0.3) is 0 Å². The Morgan fingerprint density at radius 3 is 1.70 bits per heavy atom. The van der Waals surface area contributed by atoms with Gasteiger partial charge in [-0.2, -0.15) is 0 Å². The molecule has 0 amide bonds. The minimum atomic E-state index is -0.271. The molecule has 0 aliphatic carbocycles. The van der Waals surface area contributed by atoms with Gasteiger partial charge in [-0.05, 0) is 38.8 Å². The van der Waals surface area contributed by atoms with E-state index < -0.39 is 0 Å². The lowest BCUT2D eigenvalue weighted by Crippen LogP contribution is -2.39. The number of piperidine rings is 1. The maximum atomic E-state index is 6.68. The Morgan fingerprint density at radius 2 is 1.17 bits per heavy atom. The highest BCUT2D eigenvalue weighted by Crippen LogP contribution is 2.35. The molecule has 0 radical (unpaired) electrons. The molecular weight excluding hydrogens is 370 g/mol. The summed E-state index contributed by atoms with van der Waals surface area (Å²) in [6.45, 7) is 8.98. The van der Waals surface area contributed by atoms with E-state index in [9.17, 15) is 0 Å². The summed E-state index contributed by atoms with van der Waals surface area (Å²) in [7, 11) is 0. The first-order chi connectivity index (χ1) is 14.8. The SMILES string of the molecule is CCCCCCCCCC1(CCCCCCCCC)OCC(CN2CCCCC2)O1. The van der Waals surface area contributed by atoms with E-state index in [4.69, 9.17) is 9.47 Å². The highest BCUT2D eigenvalue weighted by atomic mass is 16.7. The van der Waals surface area contributed by atoms with Crippen LogP contribution in [0.2, 0.25) is 0 Å². The van der Waals surface area contributed by atoms with E-state index in [1.165, 1.54) is 122 Å². The number of ether oxygens (including phenoxy) is 2. The molecule has 1 atom stereocenters. The predicted molar refractivity (Wildman–Crippen MR) is 129 cm³/mol. The predicted octanol–water partition coefficient (Wildman–Crippen LogP) is 7.87.